The number of esters is 1. The molecule has 0 aliphatic carbocycles. The molecular weight excluding hydrogens is 414 g/mol. The molecule has 1 amide bonds. The zero-order chi connectivity index (χ0) is 22.4. The van der Waals surface area contributed by atoms with Gasteiger partial charge in [0.15, 0.2) is 0 Å². The number of ether oxygens (including phenoxy) is 1. The van der Waals surface area contributed by atoms with Gasteiger partial charge in [-0.1, -0.05) is 23.7 Å². The van der Waals surface area contributed by atoms with E-state index in [1.165, 1.54) is 7.11 Å². The van der Waals surface area contributed by atoms with Crippen LogP contribution in [0.5, 0.6) is 0 Å². The van der Waals surface area contributed by atoms with Crippen LogP contribution >= 0.6 is 11.6 Å². The van der Waals surface area contributed by atoms with Crippen LogP contribution < -0.4 is 5.32 Å². The molecule has 0 radical (unpaired) electrons. The van der Waals surface area contributed by atoms with Crippen molar-refractivity contribution in [1.29, 1.82) is 0 Å². The normalized spacial score (nSPS) is 10.7. The summed E-state index contributed by atoms with van der Waals surface area (Å²) in [5.41, 5.74) is 5.41. The molecule has 1 aromatic heterocycles. The second kappa shape index (κ2) is 10.3. The van der Waals surface area contributed by atoms with E-state index in [0.717, 1.165) is 28.2 Å². The molecule has 1 N–H and O–H groups in total. The van der Waals surface area contributed by atoms with E-state index in [1.807, 2.05) is 54.9 Å². The van der Waals surface area contributed by atoms with Gasteiger partial charge in [-0.2, -0.15) is 5.10 Å². The molecule has 162 valence electrons. The molecule has 0 aliphatic heterocycles. The highest BCUT2D eigenvalue weighted by molar-refractivity contribution is 6.30. The fourth-order valence-corrected chi connectivity index (χ4v) is 3.70. The summed E-state index contributed by atoms with van der Waals surface area (Å²) in [7, 11) is 1.39. The minimum absolute atomic E-state index is 0.124. The average Bonchev–Trinajstić information content (AvgIpc) is 3.05. The van der Waals surface area contributed by atoms with E-state index < -0.39 is 0 Å². The number of nitrogens with one attached hydrogen (secondary N) is 1. The number of hydrogen-bond donors (Lipinski definition) is 1. The topological polar surface area (TPSA) is 73.2 Å². The third-order valence-corrected chi connectivity index (χ3v) is 5.45. The number of methoxy groups -OCH3 is 1. The van der Waals surface area contributed by atoms with Crippen molar-refractivity contribution >= 4 is 23.5 Å². The van der Waals surface area contributed by atoms with E-state index >= 15 is 0 Å². The summed E-state index contributed by atoms with van der Waals surface area (Å²) < 4.78 is 6.56. The first-order valence-corrected chi connectivity index (χ1v) is 10.5. The maximum atomic E-state index is 12.4. The zero-order valence-electron chi connectivity index (χ0n) is 17.9. The van der Waals surface area contributed by atoms with Gasteiger partial charge in [0.1, 0.15) is 0 Å². The number of aryl methyl sites for hydroxylation is 1. The Bertz CT molecular complexity index is 1070. The first-order valence-electron chi connectivity index (χ1n) is 10.1. The number of amides is 1. The number of halogens is 1. The van der Waals surface area contributed by atoms with E-state index in [1.54, 1.807) is 12.1 Å². The number of nitrogens with zero attached hydrogens (tertiary/aromatic N) is 2. The lowest BCUT2D eigenvalue weighted by molar-refractivity contribution is -0.140. The second-order valence-corrected chi connectivity index (χ2v) is 7.76. The molecule has 0 saturated heterocycles. The van der Waals surface area contributed by atoms with Crippen LogP contribution in [0.3, 0.4) is 0 Å². The Morgan fingerprint density at radius 1 is 1.10 bits per heavy atom. The van der Waals surface area contributed by atoms with Crippen molar-refractivity contribution < 1.29 is 14.3 Å². The molecule has 0 bridgehead atoms. The molecule has 6 nitrogen and oxygen atoms in total. The van der Waals surface area contributed by atoms with E-state index in [-0.39, 0.29) is 11.9 Å². The molecule has 0 atom stereocenters. The van der Waals surface area contributed by atoms with Crippen molar-refractivity contribution in [1.82, 2.24) is 15.1 Å². The largest absolute Gasteiger partial charge is 0.469 e. The number of hydrogen-bond acceptors (Lipinski definition) is 4. The van der Waals surface area contributed by atoms with Gasteiger partial charge in [-0.3, -0.25) is 9.59 Å². The highest BCUT2D eigenvalue weighted by atomic mass is 35.5. The van der Waals surface area contributed by atoms with Crippen LogP contribution in [-0.4, -0.2) is 35.3 Å². The van der Waals surface area contributed by atoms with E-state index in [0.29, 0.717) is 36.4 Å². The zero-order valence-corrected chi connectivity index (χ0v) is 18.7. The fourth-order valence-electron chi connectivity index (χ4n) is 3.49. The van der Waals surface area contributed by atoms with Gasteiger partial charge in [-0.15, -0.1) is 0 Å². The fraction of sp³-hybridized carbons (Fsp3) is 0.292. The van der Waals surface area contributed by atoms with E-state index in [2.05, 4.69) is 10.4 Å². The number of carbonyl (C=O) groups is 2. The smallest absolute Gasteiger partial charge is 0.305 e. The Hall–Kier alpha value is -3.12. The van der Waals surface area contributed by atoms with Gasteiger partial charge >= 0.3 is 5.97 Å². The Morgan fingerprint density at radius 2 is 1.84 bits per heavy atom. The SMILES string of the molecule is COC(=O)CCc1c(C)nn(-c2ccc(C(=O)NCCc3cccc(Cl)c3)cc2)c1C. The van der Waals surface area contributed by atoms with Crippen LogP contribution in [0, 0.1) is 13.8 Å². The first kappa shape index (κ1) is 22.6. The summed E-state index contributed by atoms with van der Waals surface area (Å²) in [5, 5.41) is 8.23. The molecule has 0 spiro atoms. The summed E-state index contributed by atoms with van der Waals surface area (Å²) in [4.78, 5) is 23.9. The number of benzene rings is 2. The quantitative estimate of drug-likeness (QED) is 0.533. The van der Waals surface area contributed by atoms with Crippen molar-refractivity contribution in [3.63, 3.8) is 0 Å². The maximum absolute atomic E-state index is 12.4. The Balaban J connectivity index is 1.63. The molecule has 0 aliphatic rings. The van der Waals surface area contributed by atoms with E-state index in [9.17, 15) is 9.59 Å². The number of aromatic nitrogens is 2. The van der Waals surface area contributed by atoms with E-state index in [4.69, 9.17) is 16.3 Å². The predicted octanol–water partition coefficient (Wildman–Crippen LogP) is 4.22. The molecule has 3 aromatic rings. The molecule has 7 heteroatoms. The van der Waals surface area contributed by atoms with Crippen molar-refractivity contribution in [2.75, 3.05) is 13.7 Å². The molecule has 0 saturated carbocycles. The monoisotopic (exact) mass is 439 g/mol. The van der Waals surface area contributed by atoms with Crippen molar-refractivity contribution in [2.24, 2.45) is 0 Å². The Labute approximate surface area is 187 Å². The van der Waals surface area contributed by atoms with Crippen LogP contribution in [-0.2, 0) is 22.4 Å². The van der Waals surface area contributed by atoms with Crippen molar-refractivity contribution in [3.05, 3.63) is 81.6 Å². The lowest BCUT2D eigenvalue weighted by Gasteiger charge is -2.08. The van der Waals surface area contributed by atoms with Crippen LogP contribution in [0.25, 0.3) is 5.69 Å². The summed E-state index contributed by atoms with van der Waals surface area (Å²) in [6.45, 7) is 4.43. The summed E-state index contributed by atoms with van der Waals surface area (Å²) in [6, 6.07) is 14.9. The Kier molecular flexibility index (Phi) is 7.47. The van der Waals surface area contributed by atoms with Crippen molar-refractivity contribution in [3.8, 4) is 5.69 Å². The predicted molar refractivity (Wildman–Crippen MR) is 121 cm³/mol. The highest BCUT2D eigenvalue weighted by Crippen LogP contribution is 2.20. The summed E-state index contributed by atoms with van der Waals surface area (Å²) >= 11 is 5.99. The van der Waals surface area contributed by atoms with Crippen LogP contribution in [0.4, 0.5) is 0 Å². The molecular formula is C24H26ClN3O3. The minimum Gasteiger partial charge on any atom is -0.469 e. The van der Waals surface area contributed by atoms with Crippen LogP contribution in [0.1, 0.15) is 39.3 Å². The van der Waals surface area contributed by atoms with Gasteiger partial charge in [0.05, 0.1) is 18.5 Å². The first-order chi connectivity index (χ1) is 14.9. The van der Waals surface area contributed by atoms with Gasteiger partial charge in [0, 0.05) is 29.2 Å². The van der Waals surface area contributed by atoms with Gasteiger partial charge in [0.25, 0.3) is 5.91 Å². The Morgan fingerprint density at radius 3 is 2.52 bits per heavy atom. The molecule has 3 rings (SSSR count). The van der Waals surface area contributed by atoms with Crippen molar-refractivity contribution in [2.45, 2.75) is 33.1 Å². The maximum Gasteiger partial charge on any atom is 0.305 e. The molecule has 2 aromatic carbocycles. The minimum atomic E-state index is -0.239. The number of rotatable bonds is 8. The molecule has 31 heavy (non-hydrogen) atoms. The summed E-state index contributed by atoms with van der Waals surface area (Å²) in [5.74, 6) is -0.363. The van der Waals surface area contributed by atoms with Gasteiger partial charge < -0.3 is 10.1 Å². The van der Waals surface area contributed by atoms with Gasteiger partial charge in [-0.25, -0.2) is 4.68 Å². The lowest BCUT2D eigenvalue weighted by Crippen LogP contribution is -2.25. The van der Waals surface area contributed by atoms with Gasteiger partial charge in [0.2, 0.25) is 0 Å². The number of carbonyl (C=O) groups excluding carboxylic acids is 2. The third-order valence-electron chi connectivity index (χ3n) is 5.21. The molecule has 0 fully saturated rings. The van der Waals surface area contributed by atoms with Crippen LogP contribution in [0.15, 0.2) is 48.5 Å². The third kappa shape index (κ3) is 5.73. The van der Waals surface area contributed by atoms with Gasteiger partial charge in [-0.05, 0) is 74.2 Å². The molecule has 0 unspecified atom stereocenters. The summed E-state index contributed by atoms with van der Waals surface area (Å²) in [6.07, 6.45) is 1.61. The van der Waals surface area contributed by atoms with Crippen LogP contribution in [0.2, 0.25) is 5.02 Å². The average molecular weight is 440 g/mol. The second-order valence-electron chi connectivity index (χ2n) is 7.32. The standard InChI is InChI=1S/C24H26ClN3O3/c1-16-22(11-12-23(29)31-3)17(2)28(27-16)21-9-7-19(8-10-21)24(30)26-14-13-18-5-4-6-20(25)15-18/h4-10,15H,11-14H2,1-3H3,(H,26,30). The lowest BCUT2D eigenvalue weighted by atomic mass is 10.1. The molecule has 1 heterocycles. The highest BCUT2D eigenvalue weighted by Gasteiger charge is 2.15.